The molecule has 0 bridgehead atoms. The minimum atomic E-state index is -0.265. The highest BCUT2D eigenvalue weighted by atomic mass is 32.1. The molecule has 0 aliphatic rings. The van der Waals surface area contributed by atoms with Gasteiger partial charge in [0.1, 0.15) is 0 Å². The molecule has 0 spiro atoms. The zero-order chi connectivity index (χ0) is 15.7. The average molecular weight is 312 g/mol. The van der Waals surface area contributed by atoms with E-state index in [2.05, 4.69) is 10.6 Å². The molecule has 21 heavy (non-hydrogen) atoms. The molecule has 1 aromatic rings. The van der Waals surface area contributed by atoms with Crippen molar-refractivity contribution in [2.24, 2.45) is 5.92 Å². The number of carbonyl (C=O) groups is 2. The Kier molecular flexibility index (Phi) is 8.00. The summed E-state index contributed by atoms with van der Waals surface area (Å²) < 4.78 is 0. The minimum Gasteiger partial charge on any atom is -0.396 e. The van der Waals surface area contributed by atoms with E-state index < -0.39 is 0 Å². The summed E-state index contributed by atoms with van der Waals surface area (Å²) in [7, 11) is 0. The van der Waals surface area contributed by atoms with Crippen LogP contribution in [0.2, 0.25) is 0 Å². The number of hydrogen-bond acceptors (Lipinski definition) is 4. The van der Waals surface area contributed by atoms with Crippen molar-refractivity contribution < 1.29 is 14.7 Å². The fourth-order valence-electron chi connectivity index (χ4n) is 1.98. The number of rotatable bonds is 9. The predicted molar refractivity (Wildman–Crippen MR) is 84.0 cm³/mol. The molecule has 118 valence electrons. The van der Waals surface area contributed by atoms with Crippen LogP contribution in [0.1, 0.15) is 44.0 Å². The maximum Gasteiger partial charge on any atom is 0.222 e. The van der Waals surface area contributed by atoms with Gasteiger partial charge in [0.25, 0.3) is 0 Å². The van der Waals surface area contributed by atoms with Crippen molar-refractivity contribution in [1.29, 1.82) is 0 Å². The molecule has 0 aromatic carbocycles. The molecule has 0 saturated carbocycles. The van der Waals surface area contributed by atoms with E-state index in [0.29, 0.717) is 6.54 Å². The Labute approximate surface area is 129 Å². The molecule has 2 amide bonds. The molecule has 1 aromatic heterocycles. The van der Waals surface area contributed by atoms with Crippen LogP contribution in [0.5, 0.6) is 0 Å². The molecular formula is C15H24N2O3S. The largest absolute Gasteiger partial charge is 0.396 e. The highest BCUT2D eigenvalue weighted by Gasteiger charge is 2.17. The van der Waals surface area contributed by atoms with Gasteiger partial charge in [0.15, 0.2) is 0 Å². The maximum absolute atomic E-state index is 11.9. The van der Waals surface area contributed by atoms with Crippen molar-refractivity contribution in [1.82, 2.24) is 10.6 Å². The van der Waals surface area contributed by atoms with Crippen LogP contribution < -0.4 is 10.6 Å². The summed E-state index contributed by atoms with van der Waals surface area (Å²) >= 11 is 1.53. The number of carbonyl (C=O) groups excluding carboxylic acids is 2. The van der Waals surface area contributed by atoms with Crippen LogP contribution in [-0.2, 0) is 9.59 Å². The molecule has 0 aliphatic carbocycles. The first-order valence-corrected chi connectivity index (χ1v) is 8.09. The van der Waals surface area contributed by atoms with Crippen LogP contribution in [0.15, 0.2) is 17.5 Å². The Hall–Kier alpha value is -1.40. The van der Waals surface area contributed by atoms with Crippen molar-refractivity contribution in [3.8, 4) is 0 Å². The van der Waals surface area contributed by atoms with Gasteiger partial charge in [0, 0.05) is 25.0 Å². The molecule has 0 aliphatic heterocycles. The lowest BCUT2D eigenvalue weighted by atomic mass is 10.1. The Morgan fingerprint density at radius 3 is 2.76 bits per heavy atom. The fraction of sp³-hybridized carbons (Fsp3) is 0.600. The van der Waals surface area contributed by atoms with E-state index in [4.69, 9.17) is 5.11 Å². The van der Waals surface area contributed by atoms with Gasteiger partial charge in [-0.1, -0.05) is 13.0 Å². The summed E-state index contributed by atoms with van der Waals surface area (Å²) in [5.41, 5.74) is 0. The second kappa shape index (κ2) is 9.52. The first kappa shape index (κ1) is 17.7. The van der Waals surface area contributed by atoms with Crippen molar-refractivity contribution in [3.63, 3.8) is 0 Å². The van der Waals surface area contributed by atoms with Crippen molar-refractivity contribution in [2.75, 3.05) is 13.2 Å². The van der Waals surface area contributed by atoms with Crippen LogP contribution in [-0.4, -0.2) is 30.1 Å². The van der Waals surface area contributed by atoms with Crippen LogP contribution in [0.25, 0.3) is 0 Å². The van der Waals surface area contributed by atoms with Crippen molar-refractivity contribution in [2.45, 2.75) is 39.2 Å². The van der Waals surface area contributed by atoms with E-state index in [9.17, 15) is 9.59 Å². The molecule has 0 fully saturated rings. The Morgan fingerprint density at radius 2 is 2.19 bits per heavy atom. The molecule has 1 rings (SSSR count). The quantitative estimate of drug-likeness (QED) is 0.609. The molecule has 3 N–H and O–H groups in total. The normalized spacial score (nSPS) is 13.5. The van der Waals surface area contributed by atoms with E-state index in [1.54, 1.807) is 0 Å². The molecule has 0 radical (unpaired) electrons. The molecule has 5 nitrogen and oxygen atoms in total. The summed E-state index contributed by atoms with van der Waals surface area (Å²) in [6.07, 6.45) is 1.98. The average Bonchev–Trinajstić information content (AvgIpc) is 2.96. The fourth-order valence-corrected chi connectivity index (χ4v) is 2.76. The zero-order valence-corrected chi connectivity index (χ0v) is 13.4. The van der Waals surface area contributed by atoms with E-state index >= 15 is 0 Å². The highest BCUT2D eigenvalue weighted by Crippen LogP contribution is 2.21. The number of aliphatic hydroxyl groups excluding tert-OH is 1. The monoisotopic (exact) mass is 312 g/mol. The molecule has 2 atom stereocenters. The Bertz CT molecular complexity index is 434. The number of amides is 2. The van der Waals surface area contributed by atoms with Crippen molar-refractivity contribution >= 4 is 23.2 Å². The first-order valence-electron chi connectivity index (χ1n) is 7.21. The summed E-state index contributed by atoms with van der Waals surface area (Å²) in [4.78, 5) is 24.2. The second-order valence-electron chi connectivity index (χ2n) is 5.25. The van der Waals surface area contributed by atoms with Gasteiger partial charge in [-0.25, -0.2) is 0 Å². The van der Waals surface area contributed by atoms with Gasteiger partial charge >= 0.3 is 0 Å². The zero-order valence-electron chi connectivity index (χ0n) is 12.6. The van der Waals surface area contributed by atoms with E-state index in [1.165, 1.54) is 18.3 Å². The minimum absolute atomic E-state index is 0.0706. The third kappa shape index (κ3) is 7.24. The molecular weight excluding hydrogens is 288 g/mol. The number of thiophene rings is 1. The topological polar surface area (TPSA) is 78.4 Å². The van der Waals surface area contributed by atoms with Crippen molar-refractivity contribution in [3.05, 3.63) is 22.4 Å². The van der Waals surface area contributed by atoms with Gasteiger partial charge in [-0.05, 0) is 30.2 Å². The number of nitrogens with one attached hydrogen (secondary N) is 2. The summed E-state index contributed by atoms with van der Waals surface area (Å²) in [6, 6.07) is 3.56. The summed E-state index contributed by atoms with van der Waals surface area (Å²) in [5.74, 6) is 0.0527. The van der Waals surface area contributed by atoms with E-state index in [1.807, 2.05) is 24.4 Å². The molecule has 2 unspecified atom stereocenters. The van der Waals surface area contributed by atoms with Gasteiger partial charge in [-0.3, -0.25) is 9.59 Å². The van der Waals surface area contributed by atoms with Gasteiger partial charge in [0.2, 0.25) is 11.8 Å². The van der Waals surface area contributed by atoms with E-state index in [0.717, 1.165) is 17.7 Å². The van der Waals surface area contributed by atoms with Gasteiger partial charge in [0.05, 0.1) is 12.5 Å². The molecule has 0 saturated heterocycles. The van der Waals surface area contributed by atoms with Gasteiger partial charge in [-0.2, -0.15) is 0 Å². The Balaban J connectivity index is 2.37. The third-order valence-corrected chi connectivity index (χ3v) is 4.15. The van der Waals surface area contributed by atoms with E-state index in [-0.39, 0.29) is 36.8 Å². The standard InChI is InChI=1S/C15H24N2O3S/c1-11(10-18)5-3-7-16-15(20)9-13(17-12(2)19)14-6-4-8-21-14/h4,6,8,11,13,18H,3,5,7,9-10H2,1-2H3,(H,16,20)(H,17,19). The van der Waals surface area contributed by atoms with Crippen LogP contribution in [0, 0.1) is 5.92 Å². The van der Waals surface area contributed by atoms with Crippen LogP contribution >= 0.6 is 11.3 Å². The Morgan fingerprint density at radius 1 is 1.43 bits per heavy atom. The molecule has 1 heterocycles. The predicted octanol–water partition coefficient (Wildman–Crippen LogP) is 1.84. The first-order chi connectivity index (χ1) is 10.0. The highest BCUT2D eigenvalue weighted by molar-refractivity contribution is 7.10. The maximum atomic E-state index is 11.9. The number of aliphatic hydroxyl groups is 1. The lowest BCUT2D eigenvalue weighted by Crippen LogP contribution is -2.32. The summed E-state index contributed by atoms with van der Waals surface area (Å²) in [6.45, 7) is 4.21. The van der Waals surface area contributed by atoms with Crippen LogP contribution in [0.4, 0.5) is 0 Å². The number of hydrogen-bond donors (Lipinski definition) is 3. The smallest absolute Gasteiger partial charge is 0.222 e. The SMILES string of the molecule is CC(=O)NC(CC(=O)NCCCC(C)CO)c1cccs1. The summed E-state index contributed by atoms with van der Waals surface area (Å²) in [5, 5.41) is 16.5. The molecule has 6 heteroatoms. The lowest BCUT2D eigenvalue weighted by Gasteiger charge is -2.16. The van der Waals surface area contributed by atoms with Gasteiger partial charge < -0.3 is 15.7 Å². The second-order valence-corrected chi connectivity index (χ2v) is 6.23. The van der Waals surface area contributed by atoms with Gasteiger partial charge in [-0.15, -0.1) is 11.3 Å². The lowest BCUT2D eigenvalue weighted by molar-refractivity contribution is -0.122. The third-order valence-electron chi connectivity index (χ3n) is 3.16. The van der Waals surface area contributed by atoms with Crippen LogP contribution in [0.3, 0.4) is 0 Å².